The maximum absolute atomic E-state index is 12.4. The molecule has 132 valence electrons. The smallest absolute Gasteiger partial charge is 0.270 e. The summed E-state index contributed by atoms with van der Waals surface area (Å²) in [4.78, 5) is 21.1. The first kappa shape index (κ1) is 17.4. The molecule has 1 amide bonds. The number of anilines is 1. The van der Waals surface area contributed by atoms with Crippen molar-refractivity contribution in [3.05, 3.63) is 52.8 Å². The van der Waals surface area contributed by atoms with Crippen LogP contribution in [0.4, 0.5) is 5.95 Å². The summed E-state index contributed by atoms with van der Waals surface area (Å²) in [6, 6.07) is 9.76. The van der Waals surface area contributed by atoms with Crippen LogP contribution >= 0.6 is 0 Å². The van der Waals surface area contributed by atoms with E-state index in [1.807, 2.05) is 32.0 Å². The van der Waals surface area contributed by atoms with Crippen LogP contribution in [0.3, 0.4) is 0 Å². The van der Waals surface area contributed by atoms with Gasteiger partial charge in [0.2, 0.25) is 5.95 Å². The van der Waals surface area contributed by atoms with Crippen LogP contribution in [0, 0.1) is 13.8 Å². The standard InChI is InChI=1S/C19H24N4O2/c1-13-5-3-6-15(9-13)11-20-18(24)17-10-14(2)22-19(23-17)21-12-16-7-4-8-25-16/h3,5-6,9-10,16H,4,7-8,11-12H2,1-2H3,(H,20,24)(H,21,22,23). The maximum Gasteiger partial charge on any atom is 0.270 e. The summed E-state index contributed by atoms with van der Waals surface area (Å²) < 4.78 is 5.58. The van der Waals surface area contributed by atoms with E-state index in [0.717, 1.165) is 30.7 Å². The van der Waals surface area contributed by atoms with Crippen molar-refractivity contribution in [3.63, 3.8) is 0 Å². The van der Waals surface area contributed by atoms with Crippen molar-refractivity contribution in [1.82, 2.24) is 15.3 Å². The van der Waals surface area contributed by atoms with Crippen LogP contribution in [-0.2, 0) is 11.3 Å². The predicted octanol–water partition coefficient (Wildman–Crippen LogP) is 2.61. The van der Waals surface area contributed by atoms with Crippen LogP contribution < -0.4 is 10.6 Å². The lowest BCUT2D eigenvalue weighted by Crippen LogP contribution is -2.25. The van der Waals surface area contributed by atoms with E-state index in [-0.39, 0.29) is 12.0 Å². The van der Waals surface area contributed by atoms with E-state index in [1.165, 1.54) is 5.56 Å². The van der Waals surface area contributed by atoms with Crippen molar-refractivity contribution in [3.8, 4) is 0 Å². The number of amides is 1. The molecule has 1 atom stereocenters. The second-order valence-corrected chi connectivity index (χ2v) is 6.41. The molecule has 0 radical (unpaired) electrons. The first-order chi connectivity index (χ1) is 12.1. The van der Waals surface area contributed by atoms with Crippen LogP contribution in [0.25, 0.3) is 0 Å². The van der Waals surface area contributed by atoms with Crippen LogP contribution in [0.2, 0.25) is 0 Å². The average molecular weight is 340 g/mol. The summed E-state index contributed by atoms with van der Waals surface area (Å²) in [6.07, 6.45) is 2.33. The molecule has 1 saturated heterocycles. The number of rotatable bonds is 6. The Morgan fingerprint density at radius 1 is 1.28 bits per heavy atom. The minimum Gasteiger partial charge on any atom is -0.376 e. The highest BCUT2D eigenvalue weighted by atomic mass is 16.5. The van der Waals surface area contributed by atoms with Gasteiger partial charge in [0.05, 0.1) is 6.10 Å². The zero-order chi connectivity index (χ0) is 17.6. The van der Waals surface area contributed by atoms with Gasteiger partial charge in [-0.1, -0.05) is 29.8 Å². The molecule has 1 aliphatic heterocycles. The molecular formula is C19H24N4O2. The molecule has 1 aromatic carbocycles. The minimum atomic E-state index is -0.202. The third-order valence-electron chi connectivity index (χ3n) is 4.13. The SMILES string of the molecule is Cc1cccc(CNC(=O)c2cc(C)nc(NCC3CCCO3)n2)c1. The molecule has 25 heavy (non-hydrogen) atoms. The Hall–Kier alpha value is -2.47. The van der Waals surface area contributed by atoms with Gasteiger partial charge in [-0.15, -0.1) is 0 Å². The zero-order valence-electron chi connectivity index (χ0n) is 14.7. The summed E-state index contributed by atoms with van der Waals surface area (Å²) in [5.74, 6) is 0.267. The fourth-order valence-corrected chi connectivity index (χ4v) is 2.87. The van der Waals surface area contributed by atoms with E-state index in [9.17, 15) is 4.79 Å². The lowest BCUT2D eigenvalue weighted by Gasteiger charge is -2.12. The monoisotopic (exact) mass is 340 g/mol. The van der Waals surface area contributed by atoms with Gasteiger partial charge in [-0.2, -0.15) is 0 Å². The molecular weight excluding hydrogens is 316 g/mol. The van der Waals surface area contributed by atoms with Gasteiger partial charge in [-0.05, 0) is 38.3 Å². The number of benzene rings is 1. The highest BCUT2D eigenvalue weighted by Crippen LogP contribution is 2.13. The predicted molar refractivity (Wildman–Crippen MR) is 96.6 cm³/mol. The van der Waals surface area contributed by atoms with E-state index in [0.29, 0.717) is 24.7 Å². The minimum absolute atomic E-state index is 0.197. The van der Waals surface area contributed by atoms with Gasteiger partial charge < -0.3 is 15.4 Å². The molecule has 1 aromatic heterocycles. The van der Waals surface area contributed by atoms with Crippen molar-refractivity contribution < 1.29 is 9.53 Å². The second kappa shape index (κ2) is 8.07. The van der Waals surface area contributed by atoms with Crippen molar-refractivity contribution >= 4 is 11.9 Å². The van der Waals surface area contributed by atoms with Gasteiger partial charge in [0.25, 0.3) is 5.91 Å². The number of aryl methyl sites for hydroxylation is 2. The molecule has 0 spiro atoms. The number of carbonyl (C=O) groups is 1. The first-order valence-electron chi connectivity index (χ1n) is 8.65. The second-order valence-electron chi connectivity index (χ2n) is 6.41. The lowest BCUT2D eigenvalue weighted by molar-refractivity contribution is 0.0945. The van der Waals surface area contributed by atoms with Crippen LogP contribution in [0.15, 0.2) is 30.3 Å². The van der Waals surface area contributed by atoms with Gasteiger partial charge in [-0.3, -0.25) is 4.79 Å². The van der Waals surface area contributed by atoms with Gasteiger partial charge >= 0.3 is 0 Å². The lowest BCUT2D eigenvalue weighted by atomic mass is 10.1. The Bertz CT molecular complexity index is 742. The number of hydrogen-bond acceptors (Lipinski definition) is 5. The summed E-state index contributed by atoms with van der Waals surface area (Å²) in [5.41, 5.74) is 3.36. The van der Waals surface area contributed by atoms with Gasteiger partial charge in [-0.25, -0.2) is 9.97 Å². The van der Waals surface area contributed by atoms with E-state index < -0.39 is 0 Å². The molecule has 2 N–H and O–H groups in total. The molecule has 2 heterocycles. The number of ether oxygens (including phenoxy) is 1. The summed E-state index contributed by atoms with van der Waals surface area (Å²) in [6.45, 7) is 5.84. The molecule has 6 heteroatoms. The van der Waals surface area contributed by atoms with E-state index in [4.69, 9.17) is 4.74 Å². The third kappa shape index (κ3) is 5.00. The van der Waals surface area contributed by atoms with Crippen molar-refractivity contribution in [2.24, 2.45) is 0 Å². The Balaban J connectivity index is 1.61. The number of nitrogens with one attached hydrogen (secondary N) is 2. The van der Waals surface area contributed by atoms with E-state index in [2.05, 4.69) is 26.7 Å². The molecule has 1 unspecified atom stereocenters. The summed E-state index contributed by atoms with van der Waals surface area (Å²) >= 11 is 0. The number of nitrogens with zero attached hydrogens (tertiary/aromatic N) is 2. The van der Waals surface area contributed by atoms with Crippen LogP contribution in [0.1, 0.15) is 40.2 Å². The highest BCUT2D eigenvalue weighted by molar-refractivity contribution is 5.92. The van der Waals surface area contributed by atoms with Gasteiger partial charge in [0, 0.05) is 25.4 Å². The molecule has 2 aromatic rings. The summed E-state index contributed by atoms with van der Waals surface area (Å²) in [5, 5.41) is 6.09. The molecule has 1 fully saturated rings. The third-order valence-corrected chi connectivity index (χ3v) is 4.13. The Morgan fingerprint density at radius 3 is 2.92 bits per heavy atom. The van der Waals surface area contributed by atoms with Crippen molar-refractivity contribution in [1.29, 1.82) is 0 Å². The van der Waals surface area contributed by atoms with E-state index >= 15 is 0 Å². The quantitative estimate of drug-likeness (QED) is 0.845. The normalized spacial score (nSPS) is 16.6. The number of carbonyl (C=O) groups excluding carboxylic acids is 1. The topological polar surface area (TPSA) is 76.1 Å². The average Bonchev–Trinajstić information content (AvgIpc) is 3.11. The zero-order valence-corrected chi connectivity index (χ0v) is 14.7. The van der Waals surface area contributed by atoms with Crippen molar-refractivity contribution in [2.45, 2.75) is 39.3 Å². The Labute approximate surface area is 148 Å². The number of hydrogen-bond donors (Lipinski definition) is 2. The number of aromatic nitrogens is 2. The van der Waals surface area contributed by atoms with Crippen LogP contribution in [0.5, 0.6) is 0 Å². The van der Waals surface area contributed by atoms with Crippen LogP contribution in [-0.4, -0.2) is 35.1 Å². The van der Waals surface area contributed by atoms with Gasteiger partial charge in [0.1, 0.15) is 5.69 Å². The molecule has 6 nitrogen and oxygen atoms in total. The summed E-state index contributed by atoms with van der Waals surface area (Å²) in [7, 11) is 0. The first-order valence-corrected chi connectivity index (χ1v) is 8.65. The Morgan fingerprint density at radius 2 is 2.16 bits per heavy atom. The molecule has 0 bridgehead atoms. The highest BCUT2D eigenvalue weighted by Gasteiger charge is 2.16. The molecule has 1 aliphatic rings. The molecule has 0 saturated carbocycles. The molecule has 3 rings (SSSR count). The van der Waals surface area contributed by atoms with Crippen molar-refractivity contribution in [2.75, 3.05) is 18.5 Å². The fraction of sp³-hybridized carbons (Fsp3) is 0.421. The largest absolute Gasteiger partial charge is 0.376 e. The Kier molecular flexibility index (Phi) is 5.60. The fourth-order valence-electron chi connectivity index (χ4n) is 2.87. The van der Waals surface area contributed by atoms with Gasteiger partial charge in [0.15, 0.2) is 0 Å². The van der Waals surface area contributed by atoms with E-state index in [1.54, 1.807) is 6.07 Å². The maximum atomic E-state index is 12.4. The molecule has 0 aliphatic carbocycles.